The quantitative estimate of drug-likeness (QED) is 0.824. The number of carbonyl (C=O) groups excluding carboxylic acids is 1. The van der Waals surface area contributed by atoms with Crippen LogP contribution in [0.2, 0.25) is 0 Å². The summed E-state index contributed by atoms with van der Waals surface area (Å²) in [6, 6.07) is 10.3. The Labute approximate surface area is 149 Å². The lowest BCUT2D eigenvalue weighted by Crippen LogP contribution is -2.48. The van der Waals surface area contributed by atoms with Crippen LogP contribution >= 0.6 is 0 Å². The van der Waals surface area contributed by atoms with Crippen molar-refractivity contribution < 1.29 is 14.3 Å². The first-order valence-electron chi connectivity index (χ1n) is 9.58. The van der Waals surface area contributed by atoms with Gasteiger partial charge in [0.25, 0.3) is 0 Å². The van der Waals surface area contributed by atoms with E-state index in [4.69, 9.17) is 9.47 Å². The van der Waals surface area contributed by atoms with Gasteiger partial charge in [0.05, 0.1) is 12.6 Å². The molecule has 3 aliphatic heterocycles. The number of nitrogens with zero attached hydrogens (tertiary/aromatic N) is 2. The molecule has 1 spiro atoms. The largest absolute Gasteiger partial charge is 0.441 e. The maximum Gasteiger partial charge on any atom is 0.410 e. The minimum Gasteiger partial charge on any atom is -0.441 e. The van der Waals surface area contributed by atoms with Crippen molar-refractivity contribution in [1.82, 2.24) is 9.80 Å². The number of piperidine rings is 1. The molecule has 136 valence electrons. The van der Waals surface area contributed by atoms with Crippen LogP contribution < -0.4 is 0 Å². The number of amides is 1. The van der Waals surface area contributed by atoms with Gasteiger partial charge in [0.2, 0.25) is 0 Å². The molecule has 0 saturated carbocycles. The van der Waals surface area contributed by atoms with Crippen molar-refractivity contribution in [2.24, 2.45) is 0 Å². The molecule has 3 heterocycles. The molecule has 0 aliphatic carbocycles. The zero-order chi connectivity index (χ0) is 17.1. The summed E-state index contributed by atoms with van der Waals surface area (Å²) >= 11 is 0. The monoisotopic (exact) mass is 344 g/mol. The van der Waals surface area contributed by atoms with E-state index in [0.717, 1.165) is 58.6 Å². The molecule has 25 heavy (non-hydrogen) atoms. The first-order chi connectivity index (χ1) is 12.2. The normalized spacial score (nSPS) is 26.3. The first kappa shape index (κ1) is 16.9. The predicted molar refractivity (Wildman–Crippen MR) is 95.6 cm³/mol. The van der Waals surface area contributed by atoms with Gasteiger partial charge in [-0.2, -0.15) is 0 Å². The lowest BCUT2D eigenvalue weighted by molar-refractivity contribution is -0.0130. The maximum atomic E-state index is 12.3. The smallest absolute Gasteiger partial charge is 0.410 e. The van der Waals surface area contributed by atoms with Crippen molar-refractivity contribution in [3.05, 3.63) is 35.9 Å². The van der Waals surface area contributed by atoms with E-state index in [1.165, 1.54) is 18.4 Å². The van der Waals surface area contributed by atoms with Crippen molar-refractivity contribution in [3.8, 4) is 0 Å². The molecule has 5 nitrogen and oxygen atoms in total. The molecule has 1 aromatic rings. The van der Waals surface area contributed by atoms with Crippen LogP contribution in [0.15, 0.2) is 30.3 Å². The second kappa shape index (κ2) is 7.34. The minimum atomic E-state index is -0.263. The van der Waals surface area contributed by atoms with Gasteiger partial charge in [-0.25, -0.2) is 4.79 Å². The molecule has 0 N–H and O–H groups in total. The molecule has 1 atom stereocenters. The van der Waals surface area contributed by atoms with Crippen LogP contribution in [0, 0.1) is 0 Å². The van der Waals surface area contributed by atoms with Crippen molar-refractivity contribution in [3.63, 3.8) is 0 Å². The van der Waals surface area contributed by atoms with E-state index in [-0.39, 0.29) is 11.7 Å². The van der Waals surface area contributed by atoms with Gasteiger partial charge in [0.15, 0.2) is 0 Å². The Balaban J connectivity index is 1.27. The van der Waals surface area contributed by atoms with Gasteiger partial charge >= 0.3 is 6.09 Å². The molecule has 0 unspecified atom stereocenters. The zero-order valence-electron chi connectivity index (χ0n) is 14.9. The summed E-state index contributed by atoms with van der Waals surface area (Å²) in [6.07, 6.45) is 5.41. The summed E-state index contributed by atoms with van der Waals surface area (Å²) in [6.45, 7) is 5.42. The van der Waals surface area contributed by atoms with Crippen LogP contribution in [0.3, 0.4) is 0 Å². The Morgan fingerprint density at radius 3 is 2.68 bits per heavy atom. The van der Waals surface area contributed by atoms with E-state index in [0.29, 0.717) is 6.10 Å². The van der Waals surface area contributed by atoms with Gasteiger partial charge in [0.1, 0.15) is 5.60 Å². The van der Waals surface area contributed by atoms with Gasteiger partial charge in [-0.3, -0.25) is 0 Å². The number of rotatable bonds is 5. The van der Waals surface area contributed by atoms with Gasteiger partial charge in [-0.05, 0) is 24.8 Å². The van der Waals surface area contributed by atoms with Crippen molar-refractivity contribution in [2.75, 3.05) is 39.3 Å². The molecular weight excluding hydrogens is 316 g/mol. The summed E-state index contributed by atoms with van der Waals surface area (Å²) in [4.78, 5) is 16.7. The van der Waals surface area contributed by atoms with Crippen molar-refractivity contribution in [2.45, 2.75) is 43.8 Å². The SMILES string of the molecule is O=C1OC2(CCN(C[C@@H]3CCCO3)CC2)CN1CCc1ccccc1. The second-order valence-electron chi connectivity index (χ2n) is 7.64. The van der Waals surface area contributed by atoms with Crippen LogP contribution in [0.4, 0.5) is 4.79 Å². The third kappa shape index (κ3) is 3.98. The Hall–Kier alpha value is -1.59. The summed E-state index contributed by atoms with van der Waals surface area (Å²) in [7, 11) is 0. The fraction of sp³-hybridized carbons (Fsp3) is 0.650. The Morgan fingerprint density at radius 2 is 1.96 bits per heavy atom. The van der Waals surface area contributed by atoms with Crippen molar-refractivity contribution >= 4 is 6.09 Å². The first-order valence-corrected chi connectivity index (χ1v) is 9.58. The fourth-order valence-corrected chi connectivity index (χ4v) is 4.25. The van der Waals surface area contributed by atoms with Gasteiger partial charge in [-0.1, -0.05) is 30.3 Å². The van der Waals surface area contributed by atoms with Crippen LogP contribution in [0.1, 0.15) is 31.2 Å². The third-order valence-corrected chi connectivity index (χ3v) is 5.81. The minimum absolute atomic E-state index is 0.136. The van der Waals surface area contributed by atoms with E-state index in [9.17, 15) is 4.79 Å². The number of likely N-dealkylation sites (tertiary alicyclic amines) is 1. The average molecular weight is 344 g/mol. The Kier molecular flexibility index (Phi) is 4.95. The molecule has 3 aliphatic rings. The molecule has 3 fully saturated rings. The van der Waals surface area contributed by atoms with Crippen molar-refractivity contribution in [1.29, 1.82) is 0 Å². The summed E-state index contributed by atoms with van der Waals surface area (Å²) in [5.41, 5.74) is 1.00. The van der Waals surface area contributed by atoms with Gasteiger partial charge < -0.3 is 19.3 Å². The summed E-state index contributed by atoms with van der Waals surface area (Å²) in [5.74, 6) is 0. The Bertz CT molecular complexity index is 578. The topological polar surface area (TPSA) is 42.0 Å². The number of hydrogen-bond acceptors (Lipinski definition) is 4. The summed E-state index contributed by atoms with van der Waals surface area (Å²) in [5, 5.41) is 0. The number of hydrogen-bond donors (Lipinski definition) is 0. The molecule has 4 rings (SSSR count). The predicted octanol–water partition coefficient (Wildman–Crippen LogP) is 2.69. The molecule has 0 aromatic heterocycles. The van der Waals surface area contributed by atoms with Gasteiger partial charge in [-0.15, -0.1) is 0 Å². The standard InChI is InChI=1S/C20H28N2O3/c23-19-22(11-8-17-5-2-1-3-6-17)16-20(25-19)9-12-21(13-10-20)15-18-7-4-14-24-18/h1-3,5-6,18H,4,7-16H2/t18-/m0/s1. The number of benzene rings is 1. The average Bonchev–Trinajstić information content (AvgIpc) is 3.24. The number of carbonyl (C=O) groups is 1. The fourth-order valence-electron chi connectivity index (χ4n) is 4.25. The highest BCUT2D eigenvalue weighted by atomic mass is 16.6. The van der Waals surface area contributed by atoms with E-state index < -0.39 is 0 Å². The van der Waals surface area contributed by atoms with Gasteiger partial charge in [0, 0.05) is 45.6 Å². The lowest BCUT2D eigenvalue weighted by atomic mass is 9.91. The highest BCUT2D eigenvalue weighted by molar-refractivity contribution is 5.70. The van der Waals surface area contributed by atoms with E-state index in [1.54, 1.807) is 0 Å². The second-order valence-corrected chi connectivity index (χ2v) is 7.64. The number of ether oxygens (including phenoxy) is 2. The third-order valence-electron chi connectivity index (χ3n) is 5.81. The highest BCUT2D eigenvalue weighted by Crippen LogP contribution is 2.33. The van der Waals surface area contributed by atoms with E-state index in [1.807, 2.05) is 23.1 Å². The molecule has 0 bridgehead atoms. The molecule has 3 saturated heterocycles. The van der Waals surface area contributed by atoms with E-state index >= 15 is 0 Å². The van der Waals surface area contributed by atoms with Crippen LogP contribution in [0.5, 0.6) is 0 Å². The zero-order valence-corrected chi connectivity index (χ0v) is 14.9. The summed E-state index contributed by atoms with van der Waals surface area (Å²) < 4.78 is 11.6. The van der Waals surface area contributed by atoms with Crippen LogP contribution in [-0.2, 0) is 15.9 Å². The molecule has 0 radical (unpaired) electrons. The van der Waals surface area contributed by atoms with E-state index in [2.05, 4.69) is 17.0 Å². The molecular formula is C20H28N2O3. The van der Waals surface area contributed by atoms with Crippen LogP contribution in [0.25, 0.3) is 0 Å². The molecule has 1 aromatic carbocycles. The van der Waals surface area contributed by atoms with Crippen LogP contribution in [-0.4, -0.2) is 66.9 Å². The maximum absolute atomic E-state index is 12.3. The highest BCUT2D eigenvalue weighted by Gasteiger charge is 2.46. The molecule has 1 amide bonds. The molecule has 5 heteroatoms. The lowest BCUT2D eigenvalue weighted by Gasteiger charge is -2.38. The Morgan fingerprint density at radius 1 is 1.16 bits per heavy atom.